The molecule has 1 N–H and O–H groups in total. The fraction of sp³-hybridized carbons (Fsp3) is 0.286. The second kappa shape index (κ2) is 6.99. The zero-order valence-electron chi connectivity index (χ0n) is 11.9. The van der Waals surface area contributed by atoms with Gasteiger partial charge in [-0.05, 0) is 38.1 Å². The Morgan fingerprint density at radius 1 is 1.19 bits per heavy atom. The molecule has 0 saturated heterocycles. The Morgan fingerprint density at radius 3 is 2.48 bits per heavy atom. The van der Waals surface area contributed by atoms with Crippen LogP contribution in [0.15, 0.2) is 30.5 Å². The molecule has 0 atom stereocenters. The highest BCUT2D eigenvalue weighted by Crippen LogP contribution is 2.14. The number of hydrogen-bond acceptors (Lipinski definition) is 5. The van der Waals surface area contributed by atoms with Crippen LogP contribution in [0.1, 0.15) is 24.3 Å². The Labute approximate surface area is 128 Å². The third-order valence-electron chi connectivity index (χ3n) is 2.96. The Morgan fingerprint density at radius 2 is 1.95 bits per heavy atom. The highest BCUT2D eigenvalue weighted by molar-refractivity contribution is 6.29. The molecule has 21 heavy (non-hydrogen) atoms. The van der Waals surface area contributed by atoms with E-state index in [0.717, 1.165) is 18.9 Å². The van der Waals surface area contributed by atoms with E-state index in [1.807, 2.05) is 12.1 Å². The van der Waals surface area contributed by atoms with E-state index in [1.165, 1.54) is 12.1 Å². The van der Waals surface area contributed by atoms with Crippen LogP contribution in [0.5, 0.6) is 0 Å². The molecule has 0 aliphatic heterocycles. The second-order valence-electron chi connectivity index (χ2n) is 4.27. The number of carbonyl (C=O) groups excluding carboxylic acids is 1. The Kier molecular flexibility index (Phi) is 5.05. The third kappa shape index (κ3) is 3.88. The molecule has 2 rings (SSSR count). The van der Waals surface area contributed by atoms with E-state index in [1.54, 1.807) is 6.20 Å². The number of nitrogens with zero attached hydrogens (tertiary/aromatic N) is 4. The number of pyridine rings is 1. The highest BCUT2D eigenvalue weighted by Gasteiger charge is 2.09. The van der Waals surface area contributed by atoms with Gasteiger partial charge in [-0.15, -0.1) is 10.2 Å². The summed E-state index contributed by atoms with van der Waals surface area (Å²) in [5.74, 6) is 0.529. The van der Waals surface area contributed by atoms with Crippen molar-refractivity contribution in [1.82, 2.24) is 15.2 Å². The molecule has 6 nitrogen and oxygen atoms in total. The molecule has 0 bridgehead atoms. The van der Waals surface area contributed by atoms with Gasteiger partial charge in [0, 0.05) is 13.1 Å². The lowest BCUT2D eigenvalue weighted by atomic mass is 10.3. The molecule has 2 heterocycles. The predicted octanol–water partition coefficient (Wildman–Crippen LogP) is 2.62. The van der Waals surface area contributed by atoms with E-state index in [4.69, 9.17) is 11.6 Å². The maximum absolute atomic E-state index is 12.0. The third-order valence-corrected chi connectivity index (χ3v) is 3.16. The molecule has 0 fully saturated rings. The summed E-state index contributed by atoms with van der Waals surface area (Å²) in [4.78, 5) is 18.4. The predicted molar refractivity (Wildman–Crippen MR) is 82.8 cm³/mol. The first-order chi connectivity index (χ1) is 10.1. The first-order valence-electron chi connectivity index (χ1n) is 6.65. The van der Waals surface area contributed by atoms with Gasteiger partial charge in [-0.3, -0.25) is 4.79 Å². The topological polar surface area (TPSA) is 71.0 Å². The van der Waals surface area contributed by atoms with Crippen molar-refractivity contribution in [2.75, 3.05) is 23.3 Å². The van der Waals surface area contributed by atoms with Crippen molar-refractivity contribution in [2.24, 2.45) is 0 Å². The molecular formula is C14H16ClN5O. The fourth-order valence-electron chi connectivity index (χ4n) is 1.83. The molecule has 0 radical (unpaired) electrons. The van der Waals surface area contributed by atoms with Crippen molar-refractivity contribution in [2.45, 2.75) is 13.8 Å². The molecular weight excluding hydrogens is 290 g/mol. The quantitative estimate of drug-likeness (QED) is 0.919. The van der Waals surface area contributed by atoms with Gasteiger partial charge in [0.1, 0.15) is 5.82 Å². The summed E-state index contributed by atoms with van der Waals surface area (Å²) in [6, 6.07) is 6.71. The van der Waals surface area contributed by atoms with Crippen LogP contribution in [0, 0.1) is 0 Å². The van der Waals surface area contributed by atoms with Crippen LogP contribution in [0.3, 0.4) is 0 Å². The molecule has 0 spiro atoms. The maximum atomic E-state index is 12.0. The van der Waals surface area contributed by atoms with Gasteiger partial charge in [0.05, 0.1) is 11.9 Å². The summed E-state index contributed by atoms with van der Waals surface area (Å²) in [5.41, 5.74) is 0.805. The number of hydrogen-bond donors (Lipinski definition) is 1. The molecule has 2 aromatic rings. The van der Waals surface area contributed by atoms with Crippen LogP contribution < -0.4 is 10.2 Å². The van der Waals surface area contributed by atoms with E-state index in [2.05, 4.69) is 39.2 Å². The van der Waals surface area contributed by atoms with Gasteiger partial charge in [-0.1, -0.05) is 11.6 Å². The number of carbonyl (C=O) groups is 1. The van der Waals surface area contributed by atoms with Gasteiger partial charge in [0.2, 0.25) is 0 Å². The normalized spacial score (nSPS) is 10.2. The monoisotopic (exact) mass is 305 g/mol. The van der Waals surface area contributed by atoms with Crippen molar-refractivity contribution in [3.05, 3.63) is 41.3 Å². The number of anilines is 2. The largest absolute Gasteiger partial charge is 0.357 e. The van der Waals surface area contributed by atoms with Crippen molar-refractivity contribution >= 4 is 29.0 Å². The van der Waals surface area contributed by atoms with Crippen LogP contribution >= 0.6 is 11.6 Å². The number of halogens is 1. The SMILES string of the molecule is CCN(CC)c1ccc(NC(=O)c2ccc(Cl)nn2)cn1. The minimum atomic E-state index is -0.350. The standard InChI is InChI=1S/C14H16ClN5O/c1-3-20(4-2)13-8-5-10(9-16-13)17-14(21)11-6-7-12(15)19-18-11/h5-9H,3-4H2,1-2H3,(H,17,21). The first-order valence-corrected chi connectivity index (χ1v) is 7.03. The molecule has 0 aliphatic rings. The molecule has 0 unspecified atom stereocenters. The summed E-state index contributed by atoms with van der Waals surface area (Å²) in [6.45, 7) is 5.91. The number of nitrogens with one attached hydrogen (secondary N) is 1. The zero-order chi connectivity index (χ0) is 15.2. The van der Waals surface area contributed by atoms with Crippen molar-refractivity contribution in [3.8, 4) is 0 Å². The number of aromatic nitrogens is 3. The van der Waals surface area contributed by atoms with Crippen LogP contribution in [0.4, 0.5) is 11.5 Å². The van der Waals surface area contributed by atoms with Crippen LogP contribution in [-0.4, -0.2) is 34.2 Å². The smallest absolute Gasteiger partial charge is 0.276 e. The Hall–Kier alpha value is -2.21. The van der Waals surface area contributed by atoms with Gasteiger partial charge < -0.3 is 10.2 Å². The summed E-state index contributed by atoms with van der Waals surface area (Å²) in [7, 11) is 0. The summed E-state index contributed by atoms with van der Waals surface area (Å²) < 4.78 is 0. The van der Waals surface area contributed by atoms with Gasteiger partial charge in [-0.25, -0.2) is 4.98 Å². The molecule has 110 valence electrons. The van der Waals surface area contributed by atoms with Crippen molar-refractivity contribution in [1.29, 1.82) is 0 Å². The summed E-state index contributed by atoms with van der Waals surface area (Å²) in [5, 5.41) is 10.3. The van der Waals surface area contributed by atoms with Crippen molar-refractivity contribution in [3.63, 3.8) is 0 Å². The van der Waals surface area contributed by atoms with E-state index < -0.39 is 0 Å². The van der Waals surface area contributed by atoms with Gasteiger partial charge in [-0.2, -0.15) is 0 Å². The lowest BCUT2D eigenvalue weighted by Gasteiger charge is -2.19. The summed E-state index contributed by atoms with van der Waals surface area (Å²) in [6.07, 6.45) is 1.62. The van der Waals surface area contributed by atoms with Crippen LogP contribution in [-0.2, 0) is 0 Å². The van der Waals surface area contributed by atoms with Gasteiger partial charge >= 0.3 is 0 Å². The molecule has 7 heteroatoms. The second-order valence-corrected chi connectivity index (χ2v) is 4.66. The summed E-state index contributed by atoms with van der Waals surface area (Å²) >= 11 is 5.63. The lowest BCUT2D eigenvalue weighted by Crippen LogP contribution is -2.23. The van der Waals surface area contributed by atoms with E-state index in [0.29, 0.717) is 5.69 Å². The average molecular weight is 306 g/mol. The molecule has 2 aromatic heterocycles. The van der Waals surface area contributed by atoms with E-state index in [9.17, 15) is 4.79 Å². The molecule has 0 aliphatic carbocycles. The average Bonchev–Trinajstić information content (AvgIpc) is 2.51. The fourth-order valence-corrected chi connectivity index (χ4v) is 1.93. The number of amides is 1. The number of rotatable bonds is 5. The molecule has 1 amide bonds. The minimum absolute atomic E-state index is 0.201. The van der Waals surface area contributed by atoms with E-state index in [-0.39, 0.29) is 16.8 Å². The Bertz CT molecular complexity index is 596. The zero-order valence-corrected chi connectivity index (χ0v) is 12.6. The van der Waals surface area contributed by atoms with Crippen molar-refractivity contribution < 1.29 is 4.79 Å². The minimum Gasteiger partial charge on any atom is -0.357 e. The van der Waals surface area contributed by atoms with E-state index >= 15 is 0 Å². The maximum Gasteiger partial charge on any atom is 0.276 e. The highest BCUT2D eigenvalue weighted by atomic mass is 35.5. The molecule has 0 saturated carbocycles. The van der Waals surface area contributed by atoms with Crippen LogP contribution in [0.2, 0.25) is 5.15 Å². The first kappa shape index (κ1) is 15.2. The van der Waals surface area contributed by atoms with Crippen LogP contribution in [0.25, 0.3) is 0 Å². The Balaban J connectivity index is 2.06. The molecule has 0 aromatic carbocycles. The van der Waals surface area contributed by atoms with Gasteiger partial charge in [0.15, 0.2) is 10.8 Å². The lowest BCUT2D eigenvalue weighted by molar-refractivity contribution is 0.102. The van der Waals surface area contributed by atoms with Gasteiger partial charge in [0.25, 0.3) is 5.91 Å².